The van der Waals surface area contributed by atoms with Crippen LogP contribution in [0.25, 0.3) is 0 Å². The van der Waals surface area contributed by atoms with Gasteiger partial charge in [0.15, 0.2) is 0 Å². The number of carbonyl (C=O) groups excluding carboxylic acids is 2. The van der Waals surface area contributed by atoms with Gasteiger partial charge in [-0.25, -0.2) is 0 Å². The van der Waals surface area contributed by atoms with Crippen LogP contribution in [0.4, 0.5) is 0 Å². The lowest BCUT2D eigenvalue weighted by Gasteiger charge is -2.18. The molecule has 0 aliphatic carbocycles. The third-order valence-corrected chi connectivity index (χ3v) is 4.66. The van der Waals surface area contributed by atoms with E-state index in [1.165, 1.54) is 5.56 Å². The van der Waals surface area contributed by atoms with Gasteiger partial charge in [0.1, 0.15) is 0 Å². The van der Waals surface area contributed by atoms with Gasteiger partial charge in [-0.15, -0.1) is 0 Å². The Hall–Kier alpha value is -2.46. The maximum atomic E-state index is 12.4. The zero-order valence-electron chi connectivity index (χ0n) is 17.0. The smallest absolute Gasteiger partial charge is 0.292 e. The molecule has 0 saturated heterocycles. The normalized spacial score (nSPS) is 11.5. The van der Waals surface area contributed by atoms with Crippen LogP contribution >= 0.6 is 0 Å². The summed E-state index contributed by atoms with van der Waals surface area (Å²) in [6.07, 6.45) is 0. The molecule has 0 aromatic heterocycles. The van der Waals surface area contributed by atoms with E-state index in [1.807, 2.05) is 24.3 Å². The molecular weight excluding hydrogens is 336 g/mol. The quantitative estimate of drug-likeness (QED) is 0.596. The number of Topliss-reactive ketones (excluding diaryl/α,β-unsaturated/α-hetero) is 1. The minimum Gasteiger partial charge on any atom is -0.345 e. The van der Waals surface area contributed by atoms with Gasteiger partial charge in [-0.05, 0) is 35.7 Å². The number of hydrogen-bond donors (Lipinski definition) is 1. The SMILES string of the molecule is CCN(C)Cc1cccc(CNC(=O)C(=O)c2ccc(C(C)(C)C)cc2)c1. The second-order valence-electron chi connectivity index (χ2n) is 7.99. The first kappa shape index (κ1) is 20.8. The number of carbonyl (C=O) groups is 2. The molecule has 2 aromatic carbocycles. The molecule has 1 N–H and O–H groups in total. The first-order chi connectivity index (χ1) is 12.7. The number of hydrogen-bond acceptors (Lipinski definition) is 3. The minimum absolute atomic E-state index is 0.0146. The number of rotatable bonds is 7. The van der Waals surface area contributed by atoms with Crippen molar-refractivity contribution in [2.75, 3.05) is 13.6 Å². The molecule has 1 amide bonds. The van der Waals surface area contributed by atoms with Gasteiger partial charge in [-0.1, -0.05) is 76.2 Å². The second-order valence-corrected chi connectivity index (χ2v) is 7.99. The first-order valence-electron chi connectivity index (χ1n) is 9.40. The number of amides is 1. The average Bonchev–Trinajstić information content (AvgIpc) is 2.65. The highest BCUT2D eigenvalue weighted by Gasteiger charge is 2.18. The van der Waals surface area contributed by atoms with E-state index in [1.54, 1.807) is 12.1 Å². The number of nitrogens with zero attached hydrogens (tertiary/aromatic N) is 1. The fraction of sp³-hybridized carbons (Fsp3) is 0.391. The topological polar surface area (TPSA) is 49.4 Å². The fourth-order valence-electron chi connectivity index (χ4n) is 2.78. The van der Waals surface area contributed by atoms with E-state index in [2.05, 4.69) is 57.1 Å². The Kier molecular flexibility index (Phi) is 6.92. The maximum absolute atomic E-state index is 12.4. The Labute approximate surface area is 162 Å². The van der Waals surface area contributed by atoms with E-state index >= 15 is 0 Å². The highest BCUT2D eigenvalue weighted by Crippen LogP contribution is 2.22. The Morgan fingerprint density at radius 1 is 1.00 bits per heavy atom. The molecule has 144 valence electrons. The Morgan fingerprint density at radius 3 is 2.22 bits per heavy atom. The molecule has 0 spiro atoms. The molecule has 2 rings (SSSR count). The largest absolute Gasteiger partial charge is 0.345 e. The van der Waals surface area contributed by atoms with Crippen LogP contribution in [0.3, 0.4) is 0 Å². The molecule has 4 nitrogen and oxygen atoms in total. The molecular formula is C23H30N2O2. The van der Waals surface area contributed by atoms with Crippen molar-refractivity contribution >= 4 is 11.7 Å². The number of nitrogens with one attached hydrogen (secondary N) is 1. The van der Waals surface area contributed by atoms with Gasteiger partial charge in [-0.3, -0.25) is 9.59 Å². The summed E-state index contributed by atoms with van der Waals surface area (Å²) in [5.74, 6) is -1.08. The van der Waals surface area contributed by atoms with Crippen LogP contribution in [0.2, 0.25) is 0 Å². The zero-order valence-corrected chi connectivity index (χ0v) is 17.0. The van der Waals surface area contributed by atoms with Crippen LogP contribution in [0.15, 0.2) is 48.5 Å². The van der Waals surface area contributed by atoms with Crippen molar-refractivity contribution in [3.8, 4) is 0 Å². The molecule has 0 bridgehead atoms. The summed E-state index contributed by atoms with van der Waals surface area (Å²) in [6.45, 7) is 10.6. The standard InChI is InChI=1S/C23H30N2O2/c1-6-25(5)16-18-9-7-8-17(14-18)15-24-22(27)21(26)19-10-12-20(13-11-19)23(2,3)4/h7-14H,6,15-16H2,1-5H3,(H,24,27). The highest BCUT2D eigenvalue weighted by molar-refractivity contribution is 6.42. The van der Waals surface area contributed by atoms with Crippen molar-refractivity contribution in [3.05, 3.63) is 70.8 Å². The maximum Gasteiger partial charge on any atom is 0.292 e. The third-order valence-electron chi connectivity index (χ3n) is 4.66. The highest BCUT2D eigenvalue weighted by atomic mass is 16.2. The van der Waals surface area contributed by atoms with E-state index in [4.69, 9.17) is 0 Å². The Bertz CT molecular complexity index is 789. The van der Waals surface area contributed by atoms with Gasteiger partial charge in [-0.2, -0.15) is 0 Å². The van der Waals surface area contributed by atoms with E-state index in [0.717, 1.165) is 24.2 Å². The molecule has 4 heteroatoms. The summed E-state index contributed by atoms with van der Waals surface area (Å²) < 4.78 is 0. The molecule has 0 radical (unpaired) electrons. The molecule has 27 heavy (non-hydrogen) atoms. The monoisotopic (exact) mass is 366 g/mol. The Balaban J connectivity index is 1.97. The van der Waals surface area contributed by atoms with Crippen LogP contribution in [0.1, 0.15) is 54.7 Å². The van der Waals surface area contributed by atoms with Crippen LogP contribution in [-0.4, -0.2) is 30.2 Å². The molecule has 0 aliphatic rings. The summed E-state index contributed by atoms with van der Waals surface area (Å²) in [5.41, 5.74) is 3.74. The lowest BCUT2D eigenvalue weighted by molar-refractivity contribution is -0.117. The van der Waals surface area contributed by atoms with Gasteiger partial charge >= 0.3 is 0 Å². The van der Waals surface area contributed by atoms with Gasteiger partial charge in [0, 0.05) is 18.7 Å². The number of ketones is 1. The van der Waals surface area contributed by atoms with Gasteiger partial charge in [0.05, 0.1) is 0 Å². The zero-order chi connectivity index (χ0) is 20.0. The predicted octanol–water partition coefficient (Wildman–Crippen LogP) is 3.93. The van der Waals surface area contributed by atoms with Crippen LogP contribution in [-0.2, 0) is 23.3 Å². The summed E-state index contributed by atoms with van der Waals surface area (Å²) in [6, 6.07) is 15.3. The molecule has 0 unspecified atom stereocenters. The lowest BCUT2D eigenvalue weighted by atomic mass is 9.86. The van der Waals surface area contributed by atoms with Gasteiger partial charge in [0.2, 0.25) is 5.78 Å². The molecule has 0 aliphatic heterocycles. The van der Waals surface area contributed by atoms with E-state index in [-0.39, 0.29) is 5.41 Å². The molecule has 0 heterocycles. The van der Waals surface area contributed by atoms with Gasteiger partial charge < -0.3 is 10.2 Å². The summed E-state index contributed by atoms with van der Waals surface area (Å²) >= 11 is 0. The predicted molar refractivity (Wildman–Crippen MR) is 110 cm³/mol. The van der Waals surface area contributed by atoms with Crippen LogP contribution in [0.5, 0.6) is 0 Å². The van der Waals surface area contributed by atoms with Crippen molar-refractivity contribution in [2.24, 2.45) is 0 Å². The van der Waals surface area contributed by atoms with Crippen molar-refractivity contribution in [3.63, 3.8) is 0 Å². The molecule has 0 fully saturated rings. The van der Waals surface area contributed by atoms with E-state index in [0.29, 0.717) is 12.1 Å². The average molecular weight is 367 g/mol. The van der Waals surface area contributed by atoms with E-state index in [9.17, 15) is 9.59 Å². The van der Waals surface area contributed by atoms with Gasteiger partial charge in [0.25, 0.3) is 5.91 Å². The third kappa shape index (κ3) is 6.04. The number of benzene rings is 2. The minimum atomic E-state index is -0.574. The summed E-state index contributed by atoms with van der Waals surface area (Å²) in [5, 5.41) is 2.73. The Morgan fingerprint density at radius 2 is 1.63 bits per heavy atom. The van der Waals surface area contributed by atoms with Crippen molar-refractivity contribution < 1.29 is 9.59 Å². The molecule has 2 aromatic rings. The van der Waals surface area contributed by atoms with Crippen molar-refractivity contribution in [1.82, 2.24) is 10.2 Å². The van der Waals surface area contributed by atoms with Crippen molar-refractivity contribution in [2.45, 2.75) is 46.2 Å². The van der Waals surface area contributed by atoms with E-state index < -0.39 is 11.7 Å². The summed E-state index contributed by atoms with van der Waals surface area (Å²) in [4.78, 5) is 26.8. The van der Waals surface area contributed by atoms with Crippen LogP contribution < -0.4 is 5.32 Å². The second kappa shape index (κ2) is 8.96. The first-order valence-corrected chi connectivity index (χ1v) is 9.40. The molecule has 0 saturated carbocycles. The molecule has 0 atom stereocenters. The van der Waals surface area contributed by atoms with Crippen LogP contribution in [0, 0.1) is 0 Å². The summed E-state index contributed by atoms with van der Waals surface area (Å²) in [7, 11) is 2.07. The lowest BCUT2D eigenvalue weighted by Crippen LogP contribution is -2.30. The van der Waals surface area contributed by atoms with Crippen molar-refractivity contribution in [1.29, 1.82) is 0 Å². The fourth-order valence-corrected chi connectivity index (χ4v) is 2.78.